The number of rotatable bonds is 3. The van der Waals surface area contributed by atoms with Crippen molar-refractivity contribution in [2.45, 2.75) is 12.3 Å². The van der Waals surface area contributed by atoms with E-state index in [1.54, 1.807) is 18.2 Å². The minimum Gasteiger partial charge on any atom is -0.492 e. The van der Waals surface area contributed by atoms with Crippen LogP contribution in [0, 0.1) is 11.8 Å². The van der Waals surface area contributed by atoms with Gasteiger partial charge in [0.25, 0.3) is 0 Å². The second-order valence-electron chi connectivity index (χ2n) is 7.71. The van der Waals surface area contributed by atoms with Crippen molar-refractivity contribution < 1.29 is 19.1 Å². The Kier molecular flexibility index (Phi) is 5.35. The SMILES string of the molecule is O=C(NCC#Cc1ccc2c(c1)OCCC2=O)OCC1c2ccccc2-c2ccccc21. The summed E-state index contributed by atoms with van der Waals surface area (Å²) < 4.78 is 11.0. The van der Waals surface area contributed by atoms with Crippen LogP contribution in [0.2, 0.25) is 0 Å². The van der Waals surface area contributed by atoms with Crippen molar-refractivity contribution in [2.75, 3.05) is 19.8 Å². The number of ketones is 1. The standard InChI is InChI=1S/C27H21NO4/c29-25-13-15-31-26-16-18(11-12-23(25)26)6-5-14-28-27(30)32-17-24-21-9-3-1-7-19(21)20-8-2-4-10-22(20)24/h1-4,7-12,16,24H,13-15,17H2,(H,28,30). The number of fused-ring (bicyclic) bond motifs is 4. The number of carbonyl (C=O) groups excluding carboxylic acids is 2. The van der Waals surface area contributed by atoms with Crippen LogP contribution in [-0.4, -0.2) is 31.6 Å². The predicted octanol–water partition coefficient (Wildman–Crippen LogP) is 4.54. The molecule has 1 aliphatic heterocycles. The maximum Gasteiger partial charge on any atom is 0.407 e. The molecule has 5 heteroatoms. The van der Waals surface area contributed by atoms with Crippen molar-refractivity contribution in [1.29, 1.82) is 0 Å². The molecule has 1 N–H and O–H groups in total. The number of Topliss-reactive ketones (excluding diaryl/α,β-unsaturated/α-hetero) is 1. The third kappa shape index (κ3) is 3.83. The lowest BCUT2D eigenvalue weighted by molar-refractivity contribution is 0.0933. The molecule has 32 heavy (non-hydrogen) atoms. The van der Waals surface area contributed by atoms with E-state index in [0.29, 0.717) is 24.3 Å². The van der Waals surface area contributed by atoms with E-state index in [-0.39, 0.29) is 24.9 Å². The van der Waals surface area contributed by atoms with E-state index in [2.05, 4.69) is 41.4 Å². The number of nitrogens with one attached hydrogen (secondary N) is 1. The van der Waals surface area contributed by atoms with Gasteiger partial charge in [0, 0.05) is 17.9 Å². The topological polar surface area (TPSA) is 64.6 Å². The van der Waals surface area contributed by atoms with Gasteiger partial charge in [-0.25, -0.2) is 4.79 Å². The first kappa shape index (κ1) is 19.9. The maximum atomic E-state index is 12.2. The van der Waals surface area contributed by atoms with Gasteiger partial charge in [0.1, 0.15) is 12.4 Å². The van der Waals surface area contributed by atoms with Crippen LogP contribution in [0.15, 0.2) is 66.7 Å². The molecule has 1 amide bonds. The third-order valence-corrected chi connectivity index (χ3v) is 5.77. The van der Waals surface area contributed by atoms with Crippen LogP contribution < -0.4 is 10.1 Å². The van der Waals surface area contributed by atoms with E-state index in [1.165, 1.54) is 22.3 Å². The molecule has 0 bridgehead atoms. The maximum absolute atomic E-state index is 12.2. The van der Waals surface area contributed by atoms with Crippen molar-refractivity contribution in [3.63, 3.8) is 0 Å². The predicted molar refractivity (Wildman–Crippen MR) is 121 cm³/mol. The molecule has 1 heterocycles. The number of carbonyl (C=O) groups is 2. The van der Waals surface area contributed by atoms with Crippen molar-refractivity contribution in [2.24, 2.45) is 0 Å². The van der Waals surface area contributed by atoms with Crippen LogP contribution in [0.4, 0.5) is 4.79 Å². The van der Waals surface area contributed by atoms with E-state index < -0.39 is 6.09 Å². The summed E-state index contributed by atoms with van der Waals surface area (Å²) in [4.78, 5) is 24.1. The van der Waals surface area contributed by atoms with Crippen LogP contribution in [0.1, 0.15) is 39.4 Å². The first-order valence-corrected chi connectivity index (χ1v) is 10.6. The molecule has 0 spiro atoms. The number of hydrogen-bond acceptors (Lipinski definition) is 4. The third-order valence-electron chi connectivity index (χ3n) is 5.77. The molecule has 5 nitrogen and oxygen atoms in total. The Hall–Kier alpha value is -4.04. The van der Waals surface area contributed by atoms with E-state index in [1.807, 2.05) is 24.3 Å². The molecular formula is C27H21NO4. The number of amides is 1. The van der Waals surface area contributed by atoms with E-state index >= 15 is 0 Å². The zero-order valence-electron chi connectivity index (χ0n) is 17.4. The van der Waals surface area contributed by atoms with Gasteiger partial charge < -0.3 is 14.8 Å². The summed E-state index contributed by atoms with van der Waals surface area (Å²) >= 11 is 0. The molecule has 0 fully saturated rings. The average Bonchev–Trinajstić information content (AvgIpc) is 3.14. The quantitative estimate of drug-likeness (QED) is 0.628. The zero-order chi connectivity index (χ0) is 21.9. The van der Waals surface area contributed by atoms with Crippen LogP contribution in [0.5, 0.6) is 5.75 Å². The summed E-state index contributed by atoms with van der Waals surface area (Å²) in [6, 6.07) is 21.7. The van der Waals surface area contributed by atoms with Gasteiger partial charge >= 0.3 is 6.09 Å². The Morgan fingerprint density at radius 3 is 2.47 bits per heavy atom. The summed E-state index contributed by atoms with van der Waals surface area (Å²) in [6.45, 7) is 0.822. The van der Waals surface area contributed by atoms with E-state index in [0.717, 1.165) is 5.56 Å². The molecule has 3 aromatic carbocycles. The molecule has 2 aliphatic rings. The molecule has 158 valence electrons. The number of hydrogen-bond donors (Lipinski definition) is 1. The zero-order valence-corrected chi connectivity index (χ0v) is 17.4. The highest BCUT2D eigenvalue weighted by Crippen LogP contribution is 2.44. The summed E-state index contributed by atoms with van der Waals surface area (Å²) in [5, 5.41) is 2.67. The smallest absolute Gasteiger partial charge is 0.407 e. The molecule has 0 atom stereocenters. The minimum absolute atomic E-state index is 0.0254. The van der Waals surface area contributed by atoms with Crippen molar-refractivity contribution in [3.05, 3.63) is 89.0 Å². The fourth-order valence-corrected chi connectivity index (χ4v) is 4.25. The number of ether oxygens (including phenoxy) is 2. The number of benzene rings is 3. The van der Waals surface area contributed by atoms with Gasteiger partial charge in [-0.3, -0.25) is 4.79 Å². The molecule has 0 unspecified atom stereocenters. The van der Waals surface area contributed by atoms with Gasteiger partial charge in [-0.1, -0.05) is 60.4 Å². The van der Waals surface area contributed by atoms with E-state index in [4.69, 9.17) is 9.47 Å². The van der Waals surface area contributed by atoms with Crippen molar-refractivity contribution in [1.82, 2.24) is 5.32 Å². The number of alkyl carbamates (subject to hydrolysis) is 1. The first-order chi connectivity index (χ1) is 15.7. The lowest BCUT2D eigenvalue weighted by Gasteiger charge is -2.15. The van der Waals surface area contributed by atoms with Gasteiger partial charge in [0.2, 0.25) is 0 Å². The Morgan fingerprint density at radius 2 is 1.72 bits per heavy atom. The molecule has 5 rings (SSSR count). The Labute approximate surface area is 186 Å². The van der Waals surface area contributed by atoms with Crippen molar-refractivity contribution >= 4 is 11.9 Å². The average molecular weight is 423 g/mol. The van der Waals surface area contributed by atoms with Gasteiger partial charge in [-0.2, -0.15) is 0 Å². The van der Waals surface area contributed by atoms with Gasteiger partial charge in [-0.15, -0.1) is 0 Å². The highest BCUT2D eigenvalue weighted by Gasteiger charge is 2.28. The fourth-order valence-electron chi connectivity index (χ4n) is 4.25. The normalized spacial score (nSPS) is 13.7. The summed E-state index contributed by atoms with van der Waals surface area (Å²) in [6.07, 6.45) is -0.0947. The highest BCUT2D eigenvalue weighted by atomic mass is 16.5. The van der Waals surface area contributed by atoms with Crippen LogP contribution >= 0.6 is 0 Å². The fraction of sp³-hybridized carbons (Fsp3) is 0.185. The molecule has 0 saturated heterocycles. The van der Waals surface area contributed by atoms with Crippen molar-refractivity contribution in [3.8, 4) is 28.7 Å². The lowest BCUT2D eigenvalue weighted by Crippen LogP contribution is -2.26. The molecule has 0 saturated carbocycles. The van der Waals surface area contributed by atoms with Crippen LogP contribution in [0.3, 0.4) is 0 Å². The monoisotopic (exact) mass is 423 g/mol. The summed E-state index contributed by atoms with van der Waals surface area (Å²) in [5.41, 5.74) is 6.06. The molecular weight excluding hydrogens is 402 g/mol. The Bertz CT molecular complexity index is 1220. The summed E-state index contributed by atoms with van der Waals surface area (Å²) in [7, 11) is 0. The first-order valence-electron chi connectivity index (χ1n) is 10.6. The second-order valence-corrected chi connectivity index (χ2v) is 7.71. The van der Waals surface area contributed by atoms with Gasteiger partial charge in [0.05, 0.1) is 18.7 Å². The largest absolute Gasteiger partial charge is 0.492 e. The van der Waals surface area contributed by atoms with Crippen LogP contribution in [-0.2, 0) is 4.74 Å². The van der Waals surface area contributed by atoms with E-state index in [9.17, 15) is 9.59 Å². The Morgan fingerprint density at radius 1 is 1.00 bits per heavy atom. The van der Waals surface area contributed by atoms with Gasteiger partial charge in [0.15, 0.2) is 5.78 Å². The minimum atomic E-state index is -0.500. The Balaban J connectivity index is 1.17. The molecule has 0 radical (unpaired) electrons. The molecule has 1 aliphatic carbocycles. The molecule has 0 aromatic heterocycles. The molecule has 3 aromatic rings. The summed E-state index contributed by atoms with van der Waals surface area (Å²) in [5.74, 6) is 6.56. The highest BCUT2D eigenvalue weighted by molar-refractivity contribution is 5.99. The van der Waals surface area contributed by atoms with Crippen LogP contribution in [0.25, 0.3) is 11.1 Å². The van der Waals surface area contributed by atoms with Gasteiger partial charge in [-0.05, 0) is 40.5 Å². The lowest BCUT2D eigenvalue weighted by atomic mass is 9.98. The second kappa shape index (κ2) is 8.60.